The van der Waals surface area contributed by atoms with Gasteiger partial charge < -0.3 is 19.9 Å². The molecule has 30 heavy (non-hydrogen) atoms. The first-order chi connectivity index (χ1) is 23.8. The van der Waals surface area contributed by atoms with Crippen molar-refractivity contribution in [2.75, 3.05) is 27.1 Å². The van der Waals surface area contributed by atoms with E-state index < -0.39 is 129 Å². The predicted molar refractivity (Wildman–Crippen MR) is 118 cm³/mol. The fraction of sp³-hybridized carbons (Fsp3) is 0.708. The maximum absolute atomic E-state index is 13.9. The summed E-state index contributed by atoms with van der Waals surface area (Å²) in [6.45, 7) is -13.8. The Morgan fingerprint density at radius 1 is 1.37 bits per heavy atom. The minimum Gasteiger partial charge on any atom is -0.493 e. The molecule has 1 aromatic carbocycles. The summed E-state index contributed by atoms with van der Waals surface area (Å²) < 4.78 is 224. The lowest BCUT2D eigenvalue weighted by molar-refractivity contribution is -0.160. The zero-order valence-corrected chi connectivity index (χ0v) is 16.1. The summed E-state index contributed by atoms with van der Waals surface area (Å²) in [5, 5.41) is 0. The molecule has 3 unspecified atom stereocenters. The van der Waals surface area contributed by atoms with Gasteiger partial charge in [0.2, 0.25) is 0 Å². The van der Waals surface area contributed by atoms with E-state index in [2.05, 4.69) is 0 Å². The number of hydrogen-bond acceptors (Lipinski definition) is 6. The quantitative estimate of drug-likeness (QED) is 0.650. The number of methoxy groups -OCH3 is 2. The van der Waals surface area contributed by atoms with Crippen molar-refractivity contribution in [1.29, 1.82) is 0 Å². The van der Waals surface area contributed by atoms with Crippen LogP contribution in [0.15, 0.2) is 12.1 Å². The molecule has 168 valence electrons. The lowest BCUT2D eigenvalue weighted by Crippen LogP contribution is -2.51. The summed E-state index contributed by atoms with van der Waals surface area (Å²) in [5.41, 5.74) is 3.13. The molecule has 1 fully saturated rings. The zero-order valence-electron chi connectivity index (χ0n) is 41.1. The molecule has 0 amide bonds. The Morgan fingerprint density at radius 3 is 2.77 bits per heavy atom. The molecule has 1 saturated heterocycles. The molecule has 2 heterocycles. The second-order valence-corrected chi connectivity index (χ2v) is 6.79. The van der Waals surface area contributed by atoms with Crippen molar-refractivity contribution in [2.45, 2.75) is 64.8 Å². The molecular formula is C24H38N2O4. The number of nitrogens with two attached hydrogens (primary N) is 1. The first-order valence-electron chi connectivity index (χ1n) is 21.2. The van der Waals surface area contributed by atoms with Gasteiger partial charge in [-0.05, 0) is 47.9 Å². The lowest BCUT2D eigenvalue weighted by atomic mass is 9.79. The maximum Gasteiger partial charge on any atom is 0.323 e. The summed E-state index contributed by atoms with van der Waals surface area (Å²) in [6.07, 6.45) is -13.5. The van der Waals surface area contributed by atoms with Gasteiger partial charge in [0.25, 0.3) is 0 Å². The van der Waals surface area contributed by atoms with Crippen LogP contribution in [0.25, 0.3) is 0 Å². The summed E-state index contributed by atoms with van der Waals surface area (Å²) in [5.74, 6) is -14.1. The van der Waals surface area contributed by atoms with Gasteiger partial charge in [-0.15, -0.1) is 0 Å². The largest absolute Gasteiger partial charge is 0.493 e. The summed E-state index contributed by atoms with van der Waals surface area (Å²) >= 11 is 0. The van der Waals surface area contributed by atoms with Crippen LogP contribution in [0.1, 0.15) is 91.8 Å². The van der Waals surface area contributed by atoms with E-state index in [0.29, 0.717) is 12.1 Å². The number of carbonyl (C=O) groups is 1. The van der Waals surface area contributed by atoms with Gasteiger partial charge in [0.05, 0.1) is 26.4 Å². The van der Waals surface area contributed by atoms with E-state index in [4.69, 9.17) is 44.6 Å². The molecule has 2 aliphatic rings. The Hall–Kier alpha value is -1.79. The Kier molecular flexibility index (Phi) is 2.18. The normalized spacial score (nSPS) is 54.3. The maximum atomic E-state index is 13.9. The van der Waals surface area contributed by atoms with Gasteiger partial charge in [0.15, 0.2) is 11.5 Å². The van der Waals surface area contributed by atoms with Gasteiger partial charge in [-0.1, -0.05) is 27.6 Å². The van der Waals surface area contributed by atoms with E-state index in [1.807, 2.05) is 0 Å². The number of rotatable bonds is 7. The second-order valence-electron chi connectivity index (χ2n) is 6.79. The average Bonchev–Trinajstić information content (AvgIpc) is 2.92. The van der Waals surface area contributed by atoms with Gasteiger partial charge in [-0.2, -0.15) is 0 Å². The number of esters is 1. The van der Waals surface area contributed by atoms with E-state index in [1.54, 1.807) is 0 Å². The Morgan fingerprint density at radius 2 is 2.10 bits per heavy atom. The SMILES string of the molecule is [2H]C([2H])([2H])Oc1cc2c(cc1OC([2H])([2H])[2H])C1([2H])N(C([2H])([2H])C2([2H])[2H])C([2H])([2H])C([2H])(CC(C)C)C([2H])(OC(=O)[C@@]([2H])(N)C([2H])(C([2H])([2H])[2H])C([2H])([2H])[2H])C1([2H])[2H]. The Labute approximate surface area is 216 Å². The Bertz CT molecular complexity index is 1670. The molecule has 2 aliphatic heterocycles. The highest BCUT2D eigenvalue weighted by atomic mass is 16.5. The van der Waals surface area contributed by atoms with Gasteiger partial charge in [0, 0.05) is 53.2 Å². The molecule has 0 saturated carbocycles. The third-order valence-electron chi connectivity index (χ3n) is 4.13. The number of hydrogen-bond donors (Lipinski definition) is 1. The van der Waals surface area contributed by atoms with Crippen molar-refractivity contribution in [1.82, 2.24) is 4.90 Å². The van der Waals surface area contributed by atoms with Crippen LogP contribution in [0.2, 0.25) is 0 Å². The van der Waals surface area contributed by atoms with Crippen molar-refractivity contribution >= 4 is 5.97 Å². The lowest BCUT2D eigenvalue weighted by Gasteiger charge is -2.47. The summed E-state index contributed by atoms with van der Waals surface area (Å²) in [4.78, 5) is 13.4. The fourth-order valence-corrected chi connectivity index (χ4v) is 2.77. The third-order valence-corrected chi connectivity index (χ3v) is 4.13. The molecule has 0 bridgehead atoms. The number of piperidine rings is 1. The molecule has 4 atom stereocenters. The summed E-state index contributed by atoms with van der Waals surface area (Å²) in [6, 6.07) is -7.74. The van der Waals surface area contributed by atoms with Crippen LogP contribution in [-0.2, 0) is 15.9 Å². The first-order valence-corrected chi connectivity index (χ1v) is 8.71. The topological polar surface area (TPSA) is 74.0 Å². The minimum absolute atomic E-state index is 0.293. The van der Waals surface area contributed by atoms with E-state index in [9.17, 15) is 14.4 Å². The van der Waals surface area contributed by atoms with E-state index in [0.717, 1.165) is 0 Å². The van der Waals surface area contributed by atoms with Crippen molar-refractivity contribution in [3.05, 3.63) is 23.3 Å². The van der Waals surface area contributed by atoms with Gasteiger partial charge >= 0.3 is 5.97 Å². The average molecular weight is 444 g/mol. The van der Waals surface area contributed by atoms with Crippen molar-refractivity contribution < 1.29 is 53.3 Å². The van der Waals surface area contributed by atoms with Crippen molar-refractivity contribution in [3.8, 4) is 11.5 Å². The van der Waals surface area contributed by atoms with Crippen LogP contribution in [0.4, 0.5) is 0 Å². The van der Waals surface area contributed by atoms with E-state index in [1.165, 1.54) is 13.8 Å². The minimum atomic E-state index is -4.38. The molecule has 0 spiro atoms. The number of benzene rings is 1. The molecular weight excluding hydrogens is 380 g/mol. The van der Waals surface area contributed by atoms with Crippen molar-refractivity contribution in [2.24, 2.45) is 23.4 Å². The smallest absolute Gasteiger partial charge is 0.323 e. The molecule has 1 aromatic rings. The number of aryl methyl sites for hydroxylation is 1. The van der Waals surface area contributed by atoms with Crippen LogP contribution in [0.5, 0.6) is 11.5 Å². The predicted octanol–water partition coefficient (Wildman–Crippen LogP) is 3.56. The zero-order chi connectivity index (χ0) is 43.8. The number of nitrogens with zero attached hydrogens (tertiary/aromatic N) is 1. The first kappa shape index (κ1) is 6.85. The molecule has 6 nitrogen and oxygen atoms in total. The number of ether oxygens (including phenoxy) is 3. The van der Waals surface area contributed by atoms with E-state index >= 15 is 0 Å². The van der Waals surface area contributed by atoms with E-state index in [-0.39, 0.29) is 0 Å². The van der Waals surface area contributed by atoms with Gasteiger partial charge in [0.1, 0.15) is 12.1 Å². The second kappa shape index (κ2) is 9.56. The molecule has 0 aliphatic carbocycles. The fourth-order valence-electron chi connectivity index (χ4n) is 2.77. The summed E-state index contributed by atoms with van der Waals surface area (Å²) in [7, 11) is -6.93. The van der Waals surface area contributed by atoms with Crippen LogP contribution in [0, 0.1) is 17.7 Å². The monoisotopic (exact) mass is 443 g/mol. The molecule has 6 heteroatoms. The molecule has 2 N–H and O–H groups in total. The molecule has 3 rings (SSSR count). The third kappa shape index (κ3) is 4.75. The van der Waals surface area contributed by atoms with Gasteiger partial charge in [-0.25, -0.2) is 0 Å². The van der Waals surface area contributed by atoms with Crippen LogP contribution < -0.4 is 15.2 Å². The highest BCUT2D eigenvalue weighted by Gasteiger charge is 2.41. The number of fused-ring (bicyclic) bond motifs is 3. The van der Waals surface area contributed by atoms with Gasteiger partial charge in [-0.3, -0.25) is 9.69 Å². The van der Waals surface area contributed by atoms with Crippen LogP contribution in [0.3, 0.4) is 0 Å². The number of carbonyl (C=O) groups excluding carboxylic acids is 1. The van der Waals surface area contributed by atoms with Crippen LogP contribution in [-0.4, -0.2) is 50.0 Å². The molecule has 0 radical (unpaired) electrons. The van der Waals surface area contributed by atoms with Crippen LogP contribution >= 0.6 is 0 Å². The highest BCUT2D eigenvalue weighted by molar-refractivity contribution is 5.76. The molecule has 0 aromatic heterocycles. The standard InChI is InChI=1S/C24H38N2O4/c1-14(2)9-17-13-26-8-7-16-10-21(28-5)22(29-6)11-18(16)19(26)12-20(17)30-24(27)23(25)15(3)4/h10-11,14-15,17,19-20,23H,7-9,12-13,25H2,1-6H3/t17?,19?,20?,23-/m0/s1/i3D3,4D3,5D3,6D3,7D2,8D2,12D2,13D2,15D,17D,19D,20D,23D. The van der Waals surface area contributed by atoms with Crippen molar-refractivity contribution in [3.63, 3.8) is 0 Å². The Balaban J connectivity index is 2.63. The highest BCUT2D eigenvalue weighted by Crippen LogP contribution is 2.44.